The predicted octanol–water partition coefficient (Wildman–Crippen LogP) is 1.91. The molecule has 0 saturated carbocycles. The fourth-order valence-corrected chi connectivity index (χ4v) is 3.04. The highest BCUT2D eigenvalue weighted by Gasteiger charge is 2.28. The third-order valence-electron chi connectivity index (χ3n) is 4.49. The molecule has 2 N–H and O–H groups in total. The minimum absolute atomic E-state index is 0.0632. The van der Waals surface area contributed by atoms with E-state index in [0.717, 1.165) is 36.5 Å². The van der Waals surface area contributed by atoms with Crippen molar-refractivity contribution >= 4 is 5.91 Å². The molecule has 5 nitrogen and oxygen atoms in total. The Morgan fingerprint density at radius 3 is 2.82 bits per heavy atom. The lowest BCUT2D eigenvalue weighted by Gasteiger charge is -2.16. The van der Waals surface area contributed by atoms with Gasteiger partial charge in [-0.2, -0.15) is 5.10 Å². The maximum Gasteiger partial charge on any atom is 0.257 e. The Labute approximate surface area is 130 Å². The molecule has 3 rings (SSSR count). The zero-order chi connectivity index (χ0) is 15.7. The Hall–Kier alpha value is -2.14. The monoisotopic (exact) mass is 298 g/mol. The zero-order valence-corrected chi connectivity index (χ0v) is 13.1. The van der Waals surface area contributed by atoms with Crippen LogP contribution in [-0.2, 0) is 0 Å². The van der Waals surface area contributed by atoms with Crippen molar-refractivity contribution in [2.75, 3.05) is 19.6 Å². The fourth-order valence-electron chi connectivity index (χ4n) is 3.04. The van der Waals surface area contributed by atoms with Crippen LogP contribution in [0.4, 0.5) is 0 Å². The maximum atomic E-state index is 12.7. The number of amides is 1. The van der Waals surface area contributed by atoms with E-state index in [2.05, 4.69) is 5.10 Å². The molecule has 1 aliphatic heterocycles. The van der Waals surface area contributed by atoms with Crippen molar-refractivity contribution in [3.05, 3.63) is 47.3 Å². The van der Waals surface area contributed by atoms with Gasteiger partial charge in [-0.25, -0.2) is 4.68 Å². The van der Waals surface area contributed by atoms with Gasteiger partial charge in [-0.05, 0) is 44.4 Å². The van der Waals surface area contributed by atoms with Gasteiger partial charge >= 0.3 is 0 Å². The molecule has 1 atom stereocenters. The number of carbonyl (C=O) groups excluding carboxylic acids is 1. The number of hydrogen-bond acceptors (Lipinski definition) is 3. The van der Waals surface area contributed by atoms with Gasteiger partial charge in [0, 0.05) is 13.1 Å². The summed E-state index contributed by atoms with van der Waals surface area (Å²) in [7, 11) is 0. The quantitative estimate of drug-likeness (QED) is 0.941. The van der Waals surface area contributed by atoms with E-state index in [0.29, 0.717) is 18.0 Å². The highest BCUT2D eigenvalue weighted by molar-refractivity contribution is 5.95. The van der Waals surface area contributed by atoms with Crippen molar-refractivity contribution in [1.29, 1.82) is 0 Å². The molecule has 116 valence electrons. The maximum absolute atomic E-state index is 12.7. The first-order valence-corrected chi connectivity index (χ1v) is 7.71. The molecule has 2 aromatic rings. The summed E-state index contributed by atoms with van der Waals surface area (Å²) in [6.07, 6.45) is 2.67. The van der Waals surface area contributed by atoms with Crippen LogP contribution in [0.3, 0.4) is 0 Å². The van der Waals surface area contributed by atoms with Crippen molar-refractivity contribution in [3.63, 3.8) is 0 Å². The van der Waals surface area contributed by atoms with Crippen molar-refractivity contribution in [2.24, 2.45) is 11.7 Å². The molecule has 1 unspecified atom stereocenters. The normalized spacial score (nSPS) is 18.0. The molecule has 0 spiro atoms. The summed E-state index contributed by atoms with van der Waals surface area (Å²) in [5.41, 5.74) is 9.42. The van der Waals surface area contributed by atoms with Crippen LogP contribution < -0.4 is 5.73 Å². The summed E-state index contributed by atoms with van der Waals surface area (Å²) in [6, 6.07) is 8.05. The second-order valence-electron chi connectivity index (χ2n) is 5.98. The van der Waals surface area contributed by atoms with Crippen molar-refractivity contribution in [2.45, 2.75) is 20.3 Å². The largest absolute Gasteiger partial charge is 0.338 e. The summed E-state index contributed by atoms with van der Waals surface area (Å²) in [4.78, 5) is 14.6. The van der Waals surface area contributed by atoms with E-state index >= 15 is 0 Å². The minimum Gasteiger partial charge on any atom is -0.338 e. The van der Waals surface area contributed by atoms with Gasteiger partial charge in [0.1, 0.15) is 0 Å². The zero-order valence-electron chi connectivity index (χ0n) is 13.1. The molecule has 0 radical (unpaired) electrons. The molecule has 1 saturated heterocycles. The first kappa shape index (κ1) is 14.8. The Morgan fingerprint density at radius 1 is 1.36 bits per heavy atom. The van der Waals surface area contributed by atoms with E-state index < -0.39 is 0 Å². The Kier molecular flexibility index (Phi) is 3.98. The number of para-hydroxylation sites is 1. The van der Waals surface area contributed by atoms with E-state index in [9.17, 15) is 4.79 Å². The van der Waals surface area contributed by atoms with E-state index in [1.54, 1.807) is 6.20 Å². The number of nitrogens with zero attached hydrogens (tertiary/aromatic N) is 3. The van der Waals surface area contributed by atoms with Gasteiger partial charge in [-0.1, -0.05) is 18.2 Å². The third-order valence-corrected chi connectivity index (χ3v) is 4.49. The van der Waals surface area contributed by atoms with Crippen LogP contribution in [0.15, 0.2) is 30.5 Å². The predicted molar refractivity (Wildman–Crippen MR) is 86.1 cm³/mol. The summed E-state index contributed by atoms with van der Waals surface area (Å²) in [5.74, 6) is 0.490. The number of carbonyl (C=O) groups is 1. The summed E-state index contributed by atoms with van der Waals surface area (Å²) < 4.78 is 1.85. The summed E-state index contributed by atoms with van der Waals surface area (Å²) in [5, 5.41) is 4.42. The number of aryl methyl sites for hydroxylation is 1. The van der Waals surface area contributed by atoms with Gasteiger partial charge in [0.2, 0.25) is 0 Å². The van der Waals surface area contributed by atoms with Crippen LogP contribution in [0.5, 0.6) is 0 Å². The molecule has 0 aliphatic carbocycles. The Bertz CT molecular complexity index is 692. The van der Waals surface area contributed by atoms with Gasteiger partial charge in [0.25, 0.3) is 5.91 Å². The van der Waals surface area contributed by atoms with Gasteiger partial charge in [-0.15, -0.1) is 0 Å². The molecule has 5 heteroatoms. The lowest BCUT2D eigenvalue weighted by Crippen LogP contribution is -2.30. The number of aromatic nitrogens is 2. The van der Waals surface area contributed by atoms with Gasteiger partial charge in [0.15, 0.2) is 0 Å². The molecule has 2 heterocycles. The minimum atomic E-state index is 0.0632. The van der Waals surface area contributed by atoms with Crippen LogP contribution in [0, 0.1) is 19.8 Å². The van der Waals surface area contributed by atoms with E-state index in [-0.39, 0.29) is 5.91 Å². The van der Waals surface area contributed by atoms with Crippen LogP contribution >= 0.6 is 0 Å². The third kappa shape index (κ3) is 2.52. The van der Waals surface area contributed by atoms with Crippen molar-refractivity contribution < 1.29 is 4.79 Å². The lowest BCUT2D eigenvalue weighted by atomic mass is 10.1. The van der Waals surface area contributed by atoms with Gasteiger partial charge in [-0.3, -0.25) is 4.79 Å². The average Bonchev–Trinajstić information content (AvgIpc) is 3.14. The molecule has 1 aromatic heterocycles. The lowest BCUT2D eigenvalue weighted by molar-refractivity contribution is 0.0787. The SMILES string of the molecule is Cc1ccccc1-n1ncc(C(=O)N2CCC(CN)C2)c1C. The number of benzene rings is 1. The molecule has 1 fully saturated rings. The Balaban J connectivity index is 1.88. The fraction of sp³-hybridized carbons (Fsp3) is 0.412. The van der Waals surface area contributed by atoms with E-state index in [1.807, 2.05) is 47.7 Å². The van der Waals surface area contributed by atoms with Crippen LogP contribution in [0.1, 0.15) is 28.0 Å². The molecular weight excluding hydrogens is 276 g/mol. The number of rotatable bonds is 3. The summed E-state index contributed by atoms with van der Waals surface area (Å²) >= 11 is 0. The van der Waals surface area contributed by atoms with Crippen LogP contribution in [0.25, 0.3) is 5.69 Å². The van der Waals surface area contributed by atoms with Gasteiger partial charge < -0.3 is 10.6 Å². The van der Waals surface area contributed by atoms with E-state index in [4.69, 9.17) is 5.73 Å². The van der Waals surface area contributed by atoms with Crippen LogP contribution in [-0.4, -0.2) is 40.2 Å². The van der Waals surface area contributed by atoms with Crippen molar-refractivity contribution in [3.8, 4) is 5.69 Å². The molecule has 22 heavy (non-hydrogen) atoms. The number of nitrogens with two attached hydrogens (primary N) is 1. The Morgan fingerprint density at radius 2 is 2.14 bits per heavy atom. The highest BCUT2D eigenvalue weighted by Crippen LogP contribution is 2.22. The second kappa shape index (κ2) is 5.93. The number of hydrogen-bond donors (Lipinski definition) is 1. The highest BCUT2D eigenvalue weighted by atomic mass is 16.2. The topological polar surface area (TPSA) is 64.2 Å². The molecular formula is C17H22N4O. The molecule has 1 aromatic carbocycles. The molecule has 1 amide bonds. The molecule has 0 bridgehead atoms. The first-order chi connectivity index (χ1) is 10.6. The smallest absolute Gasteiger partial charge is 0.257 e. The first-order valence-electron chi connectivity index (χ1n) is 7.71. The second-order valence-corrected chi connectivity index (χ2v) is 5.98. The van der Waals surface area contributed by atoms with Crippen molar-refractivity contribution in [1.82, 2.24) is 14.7 Å². The summed E-state index contributed by atoms with van der Waals surface area (Å²) in [6.45, 7) is 6.18. The standard InChI is InChI=1S/C17H22N4O/c1-12-5-3-4-6-16(12)21-13(2)15(10-19-21)17(22)20-8-7-14(9-18)11-20/h3-6,10,14H,7-9,11,18H2,1-2H3. The van der Waals surface area contributed by atoms with Gasteiger partial charge in [0.05, 0.1) is 23.1 Å². The van der Waals surface area contributed by atoms with E-state index in [1.165, 1.54) is 0 Å². The number of likely N-dealkylation sites (tertiary alicyclic amines) is 1. The molecule has 1 aliphatic rings. The average molecular weight is 298 g/mol. The van der Waals surface area contributed by atoms with Crippen LogP contribution in [0.2, 0.25) is 0 Å².